The smallest absolute Gasteiger partial charge is 0.119 e. The topological polar surface area (TPSA) is 21.6 Å². The van der Waals surface area contributed by atoms with Crippen LogP contribution in [-0.2, 0) is 6.42 Å². The van der Waals surface area contributed by atoms with Crippen molar-refractivity contribution in [2.75, 3.05) is 6.61 Å². The number of allylic oxidation sites excluding steroid dienone is 1. The fraction of sp³-hybridized carbons (Fsp3) is 0.400. The summed E-state index contributed by atoms with van der Waals surface area (Å²) in [4.78, 5) is 4.50. The Kier molecular flexibility index (Phi) is 3.97. The first-order valence-electron chi connectivity index (χ1n) is 6.25. The maximum atomic E-state index is 5.65. The molecule has 0 N–H and O–H groups in total. The number of nitrogens with zero attached hydrogens (tertiary/aromatic N) is 1. The molecule has 0 saturated carbocycles. The number of aliphatic imine (C=N–C) groups is 1. The van der Waals surface area contributed by atoms with Crippen LogP contribution in [0.15, 0.2) is 35.3 Å². The van der Waals surface area contributed by atoms with E-state index in [9.17, 15) is 0 Å². The van der Waals surface area contributed by atoms with Gasteiger partial charge in [0.2, 0.25) is 0 Å². The second kappa shape index (κ2) is 5.67. The predicted octanol–water partition coefficient (Wildman–Crippen LogP) is 3.72. The molecule has 0 aromatic heterocycles. The molecule has 0 fully saturated rings. The van der Waals surface area contributed by atoms with Crippen molar-refractivity contribution in [3.8, 4) is 5.75 Å². The first kappa shape index (κ1) is 11.9. The van der Waals surface area contributed by atoms with Gasteiger partial charge < -0.3 is 4.74 Å². The van der Waals surface area contributed by atoms with Crippen LogP contribution in [0.4, 0.5) is 0 Å². The standard InChI is InChI=1S/C15H19NO/c1-3-5-15-14-7-6-13(17-10-4-2)11-12(14)8-9-16-15/h3,5-7,9,11,15H,4,8,10H2,1-2H3/b5-3+. The van der Waals surface area contributed by atoms with Gasteiger partial charge in [-0.3, -0.25) is 4.99 Å². The van der Waals surface area contributed by atoms with Crippen molar-refractivity contribution in [3.63, 3.8) is 0 Å². The molecule has 1 aliphatic rings. The highest BCUT2D eigenvalue weighted by atomic mass is 16.5. The second-order valence-corrected chi connectivity index (χ2v) is 4.22. The van der Waals surface area contributed by atoms with Crippen LogP contribution < -0.4 is 4.74 Å². The van der Waals surface area contributed by atoms with Crippen molar-refractivity contribution in [1.82, 2.24) is 0 Å². The molecule has 0 bridgehead atoms. The number of hydrogen-bond acceptors (Lipinski definition) is 2. The molecule has 2 nitrogen and oxygen atoms in total. The zero-order valence-electron chi connectivity index (χ0n) is 10.5. The zero-order chi connectivity index (χ0) is 12.1. The highest BCUT2D eigenvalue weighted by Gasteiger charge is 2.14. The van der Waals surface area contributed by atoms with Crippen LogP contribution in [0.25, 0.3) is 0 Å². The van der Waals surface area contributed by atoms with Gasteiger partial charge in [-0.1, -0.05) is 25.1 Å². The Bertz CT molecular complexity index is 435. The molecule has 0 spiro atoms. The number of fused-ring (bicyclic) bond motifs is 1. The largest absolute Gasteiger partial charge is 0.494 e. The minimum absolute atomic E-state index is 0.184. The summed E-state index contributed by atoms with van der Waals surface area (Å²) in [5, 5.41) is 0. The molecule has 0 aliphatic carbocycles. The van der Waals surface area contributed by atoms with Crippen molar-refractivity contribution in [2.24, 2.45) is 4.99 Å². The molecule has 2 heteroatoms. The van der Waals surface area contributed by atoms with Gasteiger partial charge in [0.1, 0.15) is 5.75 Å². The van der Waals surface area contributed by atoms with Crippen molar-refractivity contribution in [2.45, 2.75) is 32.7 Å². The van der Waals surface area contributed by atoms with E-state index in [4.69, 9.17) is 4.74 Å². The third-order valence-corrected chi connectivity index (χ3v) is 2.86. The van der Waals surface area contributed by atoms with Crippen LogP contribution >= 0.6 is 0 Å². The van der Waals surface area contributed by atoms with Crippen LogP contribution in [-0.4, -0.2) is 12.8 Å². The summed E-state index contributed by atoms with van der Waals surface area (Å²) in [5.41, 5.74) is 2.63. The molecule has 0 amide bonds. The lowest BCUT2D eigenvalue weighted by molar-refractivity contribution is 0.317. The summed E-state index contributed by atoms with van der Waals surface area (Å²) in [6.45, 7) is 4.93. The Morgan fingerprint density at radius 1 is 1.47 bits per heavy atom. The summed E-state index contributed by atoms with van der Waals surface area (Å²) in [6.07, 6.45) is 8.13. The molecule has 90 valence electrons. The van der Waals surface area contributed by atoms with Gasteiger partial charge in [-0.25, -0.2) is 0 Å². The van der Waals surface area contributed by atoms with Gasteiger partial charge in [0.15, 0.2) is 0 Å². The van der Waals surface area contributed by atoms with Gasteiger partial charge in [-0.2, -0.15) is 0 Å². The Hall–Kier alpha value is -1.57. The Morgan fingerprint density at radius 3 is 3.12 bits per heavy atom. The van der Waals surface area contributed by atoms with E-state index in [1.165, 1.54) is 11.1 Å². The third kappa shape index (κ3) is 2.76. The number of rotatable bonds is 4. The van der Waals surface area contributed by atoms with E-state index in [1.807, 2.05) is 19.2 Å². The van der Waals surface area contributed by atoms with E-state index < -0.39 is 0 Å². The maximum Gasteiger partial charge on any atom is 0.119 e. The first-order valence-corrected chi connectivity index (χ1v) is 6.25. The predicted molar refractivity (Wildman–Crippen MR) is 72.0 cm³/mol. The highest BCUT2D eigenvalue weighted by Crippen LogP contribution is 2.29. The fourth-order valence-corrected chi connectivity index (χ4v) is 2.04. The summed E-state index contributed by atoms with van der Waals surface area (Å²) in [5.74, 6) is 0.972. The van der Waals surface area contributed by atoms with Crippen molar-refractivity contribution in [1.29, 1.82) is 0 Å². The van der Waals surface area contributed by atoms with Gasteiger partial charge >= 0.3 is 0 Å². The monoisotopic (exact) mass is 229 g/mol. The lowest BCUT2D eigenvalue weighted by Crippen LogP contribution is -2.06. The van der Waals surface area contributed by atoms with Gasteiger partial charge in [0, 0.05) is 12.6 Å². The summed E-state index contributed by atoms with van der Waals surface area (Å²) in [7, 11) is 0. The van der Waals surface area contributed by atoms with Crippen molar-refractivity contribution in [3.05, 3.63) is 41.5 Å². The molecule has 2 rings (SSSR count). The molecule has 1 aliphatic heterocycles. The lowest BCUT2D eigenvalue weighted by atomic mass is 9.95. The van der Waals surface area contributed by atoms with E-state index in [2.05, 4.69) is 36.2 Å². The van der Waals surface area contributed by atoms with Crippen molar-refractivity contribution >= 4 is 6.21 Å². The molecule has 0 saturated heterocycles. The fourth-order valence-electron chi connectivity index (χ4n) is 2.04. The number of benzene rings is 1. The van der Waals surface area contributed by atoms with Crippen LogP contribution in [0.2, 0.25) is 0 Å². The summed E-state index contributed by atoms with van der Waals surface area (Å²) >= 11 is 0. The molecule has 1 heterocycles. The molecule has 1 unspecified atom stereocenters. The zero-order valence-corrected chi connectivity index (χ0v) is 10.5. The van der Waals surface area contributed by atoms with E-state index in [-0.39, 0.29) is 6.04 Å². The highest BCUT2D eigenvalue weighted by molar-refractivity contribution is 5.66. The van der Waals surface area contributed by atoms with E-state index in [0.717, 1.165) is 25.2 Å². The molecular formula is C15H19NO. The molecule has 1 atom stereocenters. The van der Waals surface area contributed by atoms with Gasteiger partial charge in [-0.15, -0.1) is 0 Å². The van der Waals surface area contributed by atoms with Crippen LogP contribution in [0.3, 0.4) is 0 Å². The van der Waals surface area contributed by atoms with Crippen LogP contribution in [0, 0.1) is 0 Å². The van der Waals surface area contributed by atoms with Gasteiger partial charge in [0.25, 0.3) is 0 Å². The quantitative estimate of drug-likeness (QED) is 0.721. The minimum Gasteiger partial charge on any atom is -0.494 e. The van der Waals surface area contributed by atoms with Gasteiger partial charge in [0.05, 0.1) is 12.6 Å². The molecule has 17 heavy (non-hydrogen) atoms. The molecule has 1 aromatic rings. The van der Waals surface area contributed by atoms with E-state index >= 15 is 0 Å². The first-order chi connectivity index (χ1) is 8.35. The van der Waals surface area contributed by atoms with E-state index in [0.29, 0.717) is 0 Å². The van der Waals surface area contributed by atoms with Gasteiger partial charge in [-0.05, 0) is 36.6 Å². The minimum atomic E-state index is 0.184. The molecule has 0 radical (unpaired) electrons. The van der Waals surface area contributed by atoms with Crippen LogP contribution in [0.5, 0.6) is 5.75 Å². The SMILES string of the molecule is C/C=C/C1N=CCc2cc(OCCC)ccc21. The third-order valence-electron chi connectivity index (χ3n) is 2.86. The summed E-state index contributed by atoms with van der Waals surface area (Å²) in [6, 6.07) is 6.52. The second-order valence-electron chi connectivity index (χ2n) is 4.22. The molecular weight excluding hydrogens is 210 g/mol. The molecule has 1 aromatic carbocycles. The van der Waals surface area contributed by atoms with Crippen LogP contribution in [0.1, 0.15) is 37.4 Å². The average molecular weight is 229 g/mol. The lowest BCUT2D eigenvalue weighted by Gasteiger charge is -2.18. The van der Waals surface area contributed by atoms with E-state index in [1.54, 1.807) is 0 Å². The maximum absolute atomic E-state index is 5.65. The summed E-state index contributed by atoms with van der Waals surface area (Å²) < 4.78 is 5.65. The normalized spacial score (nSPS) is 18.4. The number of hydrogen-bond donors (Lipinski definition) is 0. The Labute approximate surface area is 103 Å². The Morgan fingerprint density at radius 2 is 2.35 bits per heavy atom. The Balaban J connectivity index is 2.23. The average Bonchev–Trinajstić information content (AvgIpc) is 2.37. The number of ether oxygens (including phenoxy) is 1. The van der Waals surface area contributed by atoms with Crippen molar-refractivity contribution < 1.29 is 4.74 Å².